The summed E-state index contributed by atoms with van der Waals surface area (Å²) in [5.41, 5.74) is -0.427. The summed E-state index contributed by atoms with van der Waals surface area (Å²) in [6.07, 6.45) is -3.15. The number of aromatic amines is 1. The quantitative estimate of drug-likeness (QED) is 0.777. The maximum Gasteiger partial charge on any atom is 0.419 e. The highest BCUT2D eigenvalue weighted by Crippen LogP contribution is 2.38. The molecule has 0 aliphatic carbocycles. The average molecular weight is 265 g/mol. The first-order chi connectivity index (χ1) is 6.50. The number of nitrogens with zero attached hydrogens (tertiary/aromatic N) is 1. The Bertz CT molecular complexity index is 475. The van der Waals surface area contributed by atoms with Crippen molar-refractivity contribution < 1.29 is 13.2 Å². The van der Waals surface area contributed by atoms with Gasteiger partial charge in [0.1, 0.15) is 5.52 Å². The van der Waals surface area contributed by atoms with Crippen molar-refractivity contribution in [3.8, 4) is 0 Å². The lowest BCUT2D eigenvalue weighted by Gasteiger charge is -2.08. The molecule has 0 spiro atoms. The van der Waals surface area contributed by atoms with E-state index in [1.165, 1.54) is 12.4 Å². The van der Waals surface area contributed by atoms with Crippen molar-refractivity contribution in [1.29, 1.82) is 0 Å². The Labute approximate surface area is 85.3 Å². The SMILES string of the molecule is FC(F)(F)c1c(Br)ccc2[nH]cnc12. The summed E-state index contributed by atoms with van der Waals surface area (Å²) in [4.78, 5) is 6.27. The van der Waals surface area contributed by atoms with E-state index in [1.54, 1.807) is 6.07 Å². The van der Waals surface area contributed by atoms with Gasteiger partial charge in [-0.25, -0.2) is 4.98 Å². The molecule has 1 heterocycles. The highest BCUT2D eigenvalue weighted by molar-refractivity contribution is 9.10. The second-order valence-electron chi connectivity index (χ2n) is 2.72. The fourth-order valence-electron chi connectivity index (χ4n) is 1.25. The van der Waals surface area contributed by atoms with Crippen LogP contribution < -0.4 is 0 Å². The van der Waals surface area contributed by atoms with E-state index in [9.17, 15) is 13.2 Å². The lowest BCUT2D eigenvalue weighted by atomic mass is 10.2. The number of alkyl halides is 3. The van der Waals surface area contributed by atoms with E-state index in [0.717, 1.165) is 0 Å². The van der Waals surface area contributed by atoms with Crippen LogP contribution in [0.1, 0.15) is 5.56 Å². The largest absolute Gasteiger partial charge is 0.419 e. The summed E-state index contributed by atoms with van der Waals surface area (Å²) in [6, 6.07) is 2.89. The molecule has 2 aromatic rings. The molecule has 2 rings (SSSR count). The van der Waals surface area contributed by atoms with E-state index in [-0.39, 0.29) is 9.99 Å². The summed E-state index contributed by atoms with van der Waals surface area (Å²) in [5, 5.41) is 0. The van der Waals surface area contributed by atoms with Crippen molar-refractivity contribution in [2.75, 3.05) is 0 Å². The highest BCUT2D eigenvalue weighted by Gasteiger charge is 2.35. The summed E-state index contributed by atoms with van der Waals surface area (Å²) in [7, 11) is 0. The lowest BCUT2D eigenvalue weighted by Crippen LogP contribution is -2.06. The van der Waals surface area contributed by atoms with Gasteiger partial charge < -0.3 is 4.98 Å². The van der Waals surface area contributed by atoms with Crippen LogP contribution in [0.4, 0.5) is 13.2 Å². The third kappa shape index (κ3) is 1.39. The summed E-state index contributed by atoms with van der Waals surface area (Å²) in [5.74, 6) is 0. The second-order valence-corrected chi connectivity index (χ2v) is 3.57. The van der Waals surface area contributed by atoms with Gasteiger partial charge in [-0.3, -0.25) is 0 Å². The topological polar surface area (TPSA) is 28.7 Å². The zero-order valence-corrected chi connectivity index (χ0v) is 8.28. The fraction of sp³-hybridized carbons (Fsp3) is 0.125. The second kappa shape index (κ2) is 2.98. The van der Waals surface area contributed by atoms with Crippen LogP contribution in [0.25, 0.3) is 11.0 Å². The molecule has 0 amide bonds. The van der Waals surface area contributed by atoms with Crippen LogP contribution in [-0.2, 0) is 6.18 Å². The number of rotatable bonds is 0. The summed E-state index contributed by atoms with van der Waals surface area (Å²) >= 11 is 2.86. The Kier molecular flexibility index (Phi) is 2.02. The van der Waals surface area contributed by atoms with Gasteiger partial charge in [-0.2, -0.15) is 13.2 Å². The van der Waals surface area contributed by atoms with Gasteiger partial charge in [0.2, 0.25) is 0 Å². The van der Waals surface area contributed by atoms with Crippen molar-refractivity contribution >= 4 is 27.0 Å². The van der Waals surface area contributed by atoms with Crippen molar-refractivity contribution in [2.24, 2.45) is 0 Å². The molecule has 0 saturated carbocycles. The Morgan fingerprint density at radius 2 is 2.00 bits per heavy atom. The lowest BCUT2D eigenvalue weighted by molar-refractivity contribution is -0.137. The third-order valence-corrected chi connectivity index (χ3v) is 2.49. The van der Waals surface area contributed by atoms with Crippen LogP contribution in [0.5, 0.6) is 0 Å². The Hall–Kier alpha value is -1.04. The molecule has 6 heteroatoms. The molecule has 0 aliphatic rings. The monoisotopic (exact) mass is 264 g/mol. The van der Waals surface area contributed by atoms with Gasteiger partial charge in [-0.05, 0) is 12.1 Å². The first kappa shape index (κ1) is 9.51. The van der Waals surface area contributed by atoms with E-state index in [0.29, 0.717) is 5.52 Å². The number of nitrogens with one attached hydrogen (secondary N) is 1. The molecule has 0 aliphatic heterocycles. The normalized spacial score (nSPS) is 12.3. The molecular formula is C8H4BrF3N2. The van der Waals surface area contributed by atoms with Gasteiger partial charge in [0.05, 0.1) is 17.4 Å². The van der Waals surface area contributed by atoms with Crippen molar-refractivity contribution in [2.45, 2.75) is 6.18 Å². The third-order valence-electron chi connectivity index (χ3n) is 1.82. The molecule has 0 unspecified atom stereocenters. The number of hydrogen-bond acceptors (Lipinski definition) is 1. The van der Waals surface area contributed by atoms with Gasteiger partial charge in [0.15, 0.2) is 0 Å². The van der Waals surface area contributed by atoms with Crippen molar-refractivity contribution in [3.05, 3.63) is 28.5 Å². The van der Waals surface area contributed by atoms with E-state index in [1.807, 2.05) is 0 Å². The number of H-pyrrole nitrogens is 1. The molecule has 0 fully saturated rings. The number of benzene rings is 1. The van der Waals surface area contributed by atoms with Crippen LogP contribution >= 0.6 is 15.9 Å². The molecule has 0 bridgehead atoms. The minimum Gasteiger partial charge on any atom is -0.345 e. The number of hydrogen-bond donors (Lipinski definition) is 1. The molecule has 0 radical (unpaired) electrons. The predicted octanol–water partition coefficient (Wildman–Crippen LogP) is 3.34. The maximum atomic E-state index is 12.6. The van der Waals surface area contributed by atoms with Crippen LogP contribution in [-0.4, -0.2) is 9.97 Å². The van der Waals surface area contributed by atoms with Gasteiger partial charge >= 0.3 is 6.18 Å². The first-order valence-electron chi connectivity index (χ1n) is 3.69. The van der Waals surface area contributed by atoms with Gasteiger partial charge in [0.25, 0.3) is 0 Å². The van der Waals surface area contributed by atoms with E-state index >= 15 is 0 Å². The molecule has 1 N–H and O–H groups in total. The molecule has 74 valence electrons. The van der Waals surface area contributed by atoms with Crippen LogP contribution in [0.15, 0.2) is 22.9 Å². The summed E-state index contributed by atoms with van der Waals surface area (Å²) in [6.45, 7) is 0. The highest BCUT2D eigenvalue weighted by atomic mass is 79.9. The Balaban J connectivity index is 2.83. The van der Waals surface area contributed by atoms with E-state index in [2.05, 4.69) is 25.9 Å². The Morgan fingerprint density at radius 3 is 2.64 bits per heavy atom. The van der Waals surface area contributed by atoms with Gasteiger partial charge in [-0.15, -0.1) is 0 Å². The molecule has 2 nitrogen and oxygen atoms in total. The smallest absolute Gasteiger partial charge is 0.345 e. The minimum absolute atomic E-state index is 0.00426. The predicted molar refractivity (Wildman–Crippen MR) is 48.8 cm³/mol. The molecule has 0 saturated heterocycles. The van der Waals surface area contributed by atoms with Crippen LogP contribution in [0, 0.1) is 0 Å². The number of imidazole rings is 1. The number of aromatic nitrogens is 2. The number of fused-ring (bicyclic) bond motifs is 1. The zero-order chi connectivity index (χ0) is 10.3. The zero-order valence-electron chi connectivity index (χ0n) is 6.69. The van der Waals surface area contributed by atoms with Crippen molar-refractivity contribution in [3.63, 3.8) is 0 Å². The molecular weight excluding hydrogens is 261 g/mol. The number of halogens is 4. The molecule has 1 aromatic heterocycles. The van der Waals surface area contributed by atoms with Crippen LogP contribution in [0.3, 0.4) is 0 Å². The van der Waals surface area contributed by atoms with E-state index in [4.69, 9.17) is 0 Å². The average Bonchev–Trinajstić information content (AvgIpc) is 2.48. The molecule has 1 aromatic carbocycles. The van der Waals surface area contributed by atoms with Gasteiger partial charge in [-0.1, -0.05) is 15.9 Å². The molecule has 0 atom stereocenters. The fourth-order valence-corrected chi connectivity index (χ4v) is 1.80. The maximum absolute atomic E-state index is 12.6. The molecule has 14 heavy (non-hydrogen) atoms. The minimum atomic E-state index is -4.40. The van der Waals surface area contributed by atoms with Crippen LogP contribution in [0.2, 0.25) is 0 Å². The standard InChI is InChI=1S/C8H4BrF3N2/c9-4-1-2-5-7(14-3-13-5)6(4)8(10,11)12/h1-3H,(H,13,14). The van der Waals surface area contributed by atoms with Gasteiger partial charge in [0, 0.05) is 4.47 Å². The Morgan fingerprint density at radius 1 is 1.29 bits per heavy atom. The first-order valence-corrected chi connectivity index (χ1v) is 4.48. The van der Waals surface area contributed by atoms with E-state index < -0.39 is 11.7 Å². The summed E-state index contributed by atoms with van der Waals surface area (Å²) < 4.78 is 37.7. The van der Waals surface area contributed by atoms with Crippen molar-refractivity contribution in [1.82, 2.24) is 9.97 Å².